The van der Waals surface area contributed by atoms with Crippen LogP contribution in [0.25, 0.3) is 0 Å². The topological polar surface area (TPSA) is 59.6 Å². The van der Waals surface area contributed by atoms with Crippen LogP contribution in [-0.4, -0.2) is 6.54 Å². The summed E-state index contributed by atoms with van der Waals surface area (Å²) in [7, 11) is 0. The Bertz CT molecular complexity index is 506. The van der Waals surface area contributed by atoms with E-state index >= 15 is 0 Å². The SMILES string of the molecule is N#CCC1(CNc2cccc(F)c2C#N)CC1. The van der Waals surface area contributed by atoms with Crippen molar-refractivity contribution in [1.82, 2.24) is 0 Å². The van der Waals surface area contributed by atoms with E-state index in [2.05, 4.69) is 11.4 Å². The van der Waals surface area contributed by atoms with Gasteiger partial charge in [0.2, 0.25) is 0 Å². The van der Waals surface area contributed by atoms with Crippen LogP contribution >= 0.6 is 0 Å². The van der Waals surface area contributed by atoms with Crippen molar-refractivity contribution in [2.75, 3.05) is 11.9 Å². The van der Waals surface area contributed by atoms with Gasteiger partial charge in [0.25, 0.3) is 0 Å². The van der Waals surface area contributed by atoms with Crippen molar-refractivity contribution < 1.29 is 4.39 Å². The molecule has 0 bridgehead atoms. The molecule has 1 N–H and O–H groups in total. The number of anilines is 1. The Kier molecular flexibility index (Phi) is 2.97. The minimum Gasteiger partial charge on any atom is -0.383 e. The summed E-state index contributed by atoms with van der Waals surface area (Å²) in [5.74, 6) is -0.511. The number of nitrogens with zero attached hydrogens (tertiary/aromatic N) is 2. The summed E-state index contributed by atoms with van der Waals surface area (Å²) in [5, 5.41) is 20.6. The van der Waals surface area contributed by atoms with Crippen molar-refractivity contribution in [3.05, 3.63) is 29.6 Å². The smallest absolute Gasteiger partial charge is 0.143 e. The first-order chi connectivity index (χ1) is 8.21. The Hall–Kier alpha value is -2.07. The average Bonchev–Trinajstić information content (AvgIpc) is 3.07. The van der Waals surface area contributed by atoms with Gasteiger partial charge in [0.1, 0.15) is 17.4 Å². The van der Waals surface area contributed by atoms with Crippen molar-refractivity contribution in [2.45, 2.75) is 19.3 Å². The second kappa shape index (κ2) is 4.43. The summed E-state index contributed by atoms with van der Waals surface area (Å²) in [6.45, 7) is 0.624. The zero-order chi connectivity index (χ0) is 12.3. The standard InChI is InChI=1S/C13H12FN3/c14-11-2-1-3-12(10(11)8-16)17-9-13(4-5-13)6-7-15/h1-3,17H,4-6,9H2. The monoisotopic (exact) mass is 229 g/mol. The Morgan fingerprint density at radius 1 is 1.35 bits per heavy atom. The molecule has 0 spiro atoms. The molecule has 0 atom stereocenters. The third kappa shape index (κ3) is 2.37. The fourth-order valence-corrected chi connectivity index (χ4v) is 1.83. The molecule has 0 radical (unpaired) electrons. The van der Waals surface area contributed by atoms with Gasteiger partial charge in [-0.15, -0.1) is 0 Å². The van der Waals surface area contributed by atoms with Crippen LogP contribution in [0.15, 0.2) is 18.2 Å². The summed E-state index contributed by atoms with van der Waals surface area (Å²) < 4.78 is 13.3. The molecule has 0 unspecified atom stereocenters. The average molecular weight is 229 g/mol. The molecule has 1 aromatic rings. The van der Waals surface area contributed by atoms with Crippen LogP contribution in [0.2, 0.25) is 0 Å². The molecule has 2 rings (SSSR count). The van der Waals surface area contributed by atoms with E-state index in [-0.39, 0.29) is 11.0 Å². The van der Waals surface area contributed by atoms with Crippen molar-refractivity contribution in [3.63, 3.8) is 0 Å². The van der Waals surface area contributed by atoms with Crippen molar-refractivity contribution in [2.24, 2.45) is 5.41 Å². The van der Waals surface area contributed by atoms with E-state index < -0.39 is 5.82 Å². The van der Waals surface area contributed by atoms with Crippen molar-refractivity contribution in [1.29, 1.82) is 10.5 Å². The van der Waals surface area contributed by atoms with Gasteiger partial charge < -0.3 is 5.32 Å². The zero-order valence-electron chi connectivity index (χ0n) is 9.33. The van der Waals surface area contributed by atoms with E-state index in [0.717, 1.165) is 12.8 Å². The molecule has 0 heterocycles. The van der Waals surface area contributed by atoms with Crippen LogP contribution in [0.4, 0.5) is 10.1 Å². The molecule has 1 aliphatic carbocycles. The molecule has 0 aromatic heterocycles. The summed E-state index contributed by atoms with van der Waals surface area (Å²) in [6, 6.07) is 8.54. The van der Waals surface area contributed by atoms with Gasteiger partial charge in [-0.05, 0) is 25.0 Å². The highest BCUT2D eigenvalue weighted by molar-refractivity contribution is 5.58. The number of halogens is 1. The van der Waals surface area contributed by atoms with Crippen LogP contribution in [-0.2, 0) is 0 Å². The number of hydrogen-bond acceptors (Lipinski definition) is 3. The maximum absolute atomic E-state index is 13.3. The van der Waals surface area contributed by atoms with Crippen LogP contribution < -0.4 is 5.32 Å². The Morgan fingerprint density at radius 2 is 2.12 bits per heavy atom. The Labute approximate surface area is 99.5 Å². The lowest BCUT2D eigenvalue weighted by Crippen LogP contribution is -2.15. The summed E-state index contributed by atoms with van der Waals surface area (Å²) in [6.07, 6.45) is 2.55. The van der Waals surface area contributed by atoms with Crippen LogP contribution in [0.3, 0.4) is 0 Å². The maximum atomic E-state index is 13.3. The second-order valence-electron chi connectivity index (χ2n) is 4.46. The lowest BCUT2D eigenvalue weighted by atomic mass is 10.0. The van der Waals surface area contributed by atoms with E-state index in [0.29, 0.717) is 18.7 Å². The van der Waals surface area contributed by atoms with Crippen molar-refractivity contribution >= 4 is 5.69 Å². The molecule has 1 aliphatic rings. The molecular weight excluding hydrogens is 217 g/mol. The van der Waals surface area contributed by atoms with Gasteiger partial charge >= 0.3 is 0 Å². The first kappa shape index (κ1) is 11.4. The highest BCUT2D eigenvalue weighted by atomic mass is 19.1. The first-order valence-electron chi connectivity index (χ1n) is 5.50. The van der Waals surface area contributed by atoms with Gasteiger partial charge in [0.15, 0.2) is 0 Å². The normalized spacial score (nSPS) is 15.7. The molecule has 0 saturated heterocycles. The first-order valence-corrected chi connectivity index (χ1v) is 5.50. The number of hydrogen-bond donors (Lipinski definition) is 1. The third-order valence-corrected chi connectivity index (χ3v) is 3.19. The van der Waals surface area contributed by atoms with Gasteiger partial charge in [-0.25, -0.2) is 4.39 Å². The fraction of sp³-hybridized carbons (Fsp3) is 0.385. The van der Waals surface area contributed by atoms with Gasteiger partial charge in [-0.1, -0.05) is 6.07 Å². The lowest BCUT2D eigenvalue weighted by Gasteiger charge is -2.14. The number of nitriles is 2. The molecule has 86 valence electrons. The fourth-order valence-electron chi connectivity index (χ4n) is 1.83. The summed E-state index contributed by atoms with van der Waals surface area (Å²) in [5.41, 5.74) is 0.588. The Balaban J connectivity index is 2.08. The van der Waals surface area contributed by atoms with Crippen molar-refractivity contribution in [3.8, 4) is 12.1 Å². The number of benzene rings is 1. The summed E-state index contributed by atoms with van der Waals surface area (Å²) >= 11 is 0. The highest BCUT2D eigenvalue weighted by Gasteiger charge is 2.42. The molecule has 3 nitrogen and oxygen atoms in total. The second-order valence-corrected chi connectivity index (χ2v) is 4.46. The predicted octanol–water partition coefficient (Wildman–Crippen LogP) is 2.80. The highest BCUT2D eigenvalue weighted by Crippen LogP contribution is 2.48. The number of rotatable bonds is 4. The van der Waals surface area contributed by atoms with E-state index in [1.165, 1.54) is 6.07 Å². The number of nitrogens with one attached hydrogen (secondary N) is 1. The lowest BCUT2D eigenvalue weighted by molar-refractivity contribution is 0.556. The molecule has 0 amide bonds. The van der Waals surface area contributed by atoms with E-state index in [9.17, 15) is 4.39 Å². The predicted molar refractivity (Wildman–Crippen MR) is 61.5 cm³/mol. The van der Waals surface area contributed by atoms with Gasteiger partial charge in [-0.2, -0.15) is 10.5 Å². The molecular formula is C13H12FN3. The van der Waals surface area contributed by atoms with Crippen LogP contribution in [0.5, 0.6) is 0 Å². The minimum absolute atomic E-state index is 0.0355. The third-order valence-electron chi connectivity index (χ3n) is 3.19. The molecule has 0 aliphatic heterocycles. The summed E-state index contributed by atoms with van der Waals surface area (Å²) in [4.78, 5) is 0. The molecule has 17 heavy (non-hydrogen) atoms. The van der Waals surface area contributed by atoms with Crippen LogP contribution in [0, 0.1) is 33.9 Å². The minimum atomic E-state index is -0.511. The van der Waals surface area contributed by atoms with Crippen LogP contribution in [0.1, 0.15) is 24.8 Å². The quantitative estimate of drug-likeness (QED) is 0.863. The zero-order valence-corrected chi connectivity index (χ0v) is 9.33. The largest absolute Gasteiger partial charge is 0.383 e. The van der Waals surface area contributed by atoms with Gasteiger partial charge in [-0.3, -0.25) is 0 Å². The molecule has 1 saturated carbocycles. The molecule has 1 fully saturated rings. The van der Waals surface area contributed by atoms with Gasteiger partial charge in [0, 0.05) is 18.4 Å². The Morgan fingerprint density at radius 3 is 2.71 bits per heavy atom. The molecule has 1 aromatic carbocycles. The van der Waals surface area contributed by atoms with E-state index in [1.807, 2.05) is 6.07 Å². The van der Waals surface area contributed by atoms with Gasteiger partial charge in [0.05, 0.1) is 11.8 Å². The van der Waals surface area contributed by atoms with E-state index in [4.69, 9.17) is 10.5 Å². The maximum Gasteiger partial charge on any atom is 0.143 e. The van der Waals surface area contributed by atoms with E-state index in [1.54, 1.807) is 12.1 Å². The molecule has 4 heteroatoms.